The van der Waals surface area contributed by atoms with Crippen LogP contribution in [-0.4, -0.2) is 25.4 Å². The van der Waals surface area contributed by atoms with E-state index in [1.165, 1.54) is 6.33 Å². The summed E-state index contributed by atoms with van der Waals surface area (Å²) in [5.41, 5.74) is 3.33. The molecule has 0 spiro atoms. The van der Waals surface area contributed by atoms with Crippen LogP contribution < -0.4 is 10.1 Å². The van der Waals surface area contributed by atoms with Gasteiger partial charge in [0.15, 0.2) is 0 Å². The van der Waals surface area contributed by atoms with E-state index < -0.39 is 0 Å². The third-order valence-electron chi connectivity index (χ3n) is 4.67. The Hall–Kier alpha value is -4.00. The Labute approximate surface area is 174 Å². The molecule has 0 saturated heterocycles. The zero-order valence-electron chi connectivity index (χ0n) is 17.0. The first-order chi connectivity index (χ1) is 14.5. The van der Waals surface area contributed by atoms with Gasteiger partial charge in [0, 0.05) is 29.7 Å². The number of hydrogen-bond acceptors (Lipinski definition) is 5. The Kier molecular flexibility index (Phi) is 5.26. The molecule has 7 nitrogen and oxygen atoms in total. The molecule has 7 heteroatoms. The van der Waals surface area contributed by atoms with Crippen LogP contribution in [0.5, 0.6) is 11.6 Å². The first-order valence-electron chi connectivity index (χ1n) is 9.48. The summed E-state index contributed by atoms with van der Waals surface area (Å²) in [5.74, 6) is 2.38. The number of nitrogens with one attached hydrogen (secondary N) is 1. The van der Waals surface area contributed by atoms with Gasteiger partial charge in [0.1, 0.15) is 23.7 Å². The van der Waals surface area contributed by atoms with Crippen LogP contribution in [0.2, 0.25) is 0 Å². The van der Waals surface area contributed by atoms with Crippen LogP contribution in [0.4, 0.5) is 5.69 Å². The zero-order valence-corrected chi connectivity index (χ0v) is 17.0. The number of amides is 1. The van der Waals surface area contributed by atoms with Gasteiger partial charge in [-0.2, -0.15) is 0 Å². The fourth-order valence-electron chi connectivity index (χ4n) is 3.04. The number of imidazole rings is 1. The Morgan fingerprint density at radius 2 is 1.77 bits per heavy atom. The van der Waals surface area contributed by atoms with E-state index in [0.29, 0.717) is 28.7 Å². The highest BCUT2D eigenvalue weighted by Crippen LogP contribution is 2.23. The molecule has 0 aliphatic heterocycles. The lowest BCUT2D eigenvalue weighted by atomic mass is 10.1. The summed E-state index contributed by atoms with van der Waals surface area (Å²) in [6.45, 7) is 5.79. The SMILES string of the molecule is Cc1ccc(C)c(C(=O)Nc2ccc(Oc3cc(-n4ccnc4C)ncn3)cc2)c1. The molecule has 0 saturated carbocycles. The van der Waals surface area contributed by atoms with Crippen LogP contribution in [0.1, 0.15) is 27.3 Å². The molecule has 2 aromatic heterocycles. The van der Waals surface area contributed by atoms with E-state index in [4.69, 9.17) is 4.74 Å². The van der Waals surface area contributed by atoms with Gasteiger partial charge in [0.2, 0.25) is 5.88 Å². The predicted octanol–water partition coefficient (Wildman–Crippen LogP) is 4.63. The van der Waals surface area contributed by atoms with E-state index in [9.17, 15) is 4.79 Å². The van der Waals surface area contributed by atoms with Gasteiger partial charge in [-0.05, 0) is 56.7 Å². The zero-order chi connectivity index (χ0) is 21.1. The minimum atomic E-state index is -0.138. The lowest BCUT2D eigenvalue weighted by Gasteiger charge is -2.10. The van der Waals surface area contributed by atoms with Crippen LogP contribution in [-0.2, 0) is 0 Å². The molecular formula is C23H21N5O2. The molecule has 30 heavy (non-hydrogen) atoms. The van der Waals surface area contributed by atoms with Gasteiger partial charge in [-0.1, -0.05) is 17.7 Å². The summed E-state index contributed by atoms with van der Waals surface area (Å²) in [6.07, 6.45) is 4.99. The molecule has 150 valence electrons. The number of nitrogens with zero attached hydrogens (tertiary/aromatic N) is 4. The number of anilines is 1. The maximum atomic E-state index is 12.6. The summed E-state index contributed by atoms with van der Waals surface area (Å²) in [4.78, 5) is 25.2. The summed E-state index contributed by atoms with van der Waals surface area (Å²) in [5, 5.41) is 2.92. The number of aryl methyl sites for hydroxylation is 3. The number of hydrogen-bond donors (Lipinski definition) is 1. The molecule has 0 unspecified atom stereocenters. The molecule has 0 bridgehead atoms. The van der Waals surface area contributed by atoms with Crippen molar-refractivity contribution >= 4 is 11.6 Å². The third-order valence-corrected chi connectivity index (χ3v) is 4.67. The minimum Gasteiger partial charge on any atom is -0.439 e. The topological polar surface area (TPSA) is 81.9 Å². The molecule has 1 N–H and O–H groups in total. The molecule has 2 aromatic carbocycles. The maximum Gasteiger partial charge on any atom is 0.255 e. The number of rotatable bonds is 5. The molecule has 0 radical (unpaired) electrons. The molecule has 0 aliphatic carbocycles. The van der Waals surface area contributed by atoms with Crippen LogP contribution in [0, 0.1) is 20.8 Å². The highest BCUT2D eigenvalue weighted by atomic mass is 16.5. The average molecular weight is 399 g/mol. The van der Waals surface area contributed by atoms with Crippen LogP contribution in [0.3, 0.4) is 0 Å². The smallest absolute Gasteiger partial charge is 0.255 e. The summed E-state index contributed by atoms with van der Waals surface area (Å²) in [6, 6.07) is 14.7. The summed E-state index contributed by atoms with van der Waals surface area (Å²) >= 11 is 0. The molecule has 0 aliphatic rings. The molecular weight excluding hydrogens is 378 g/mol. The van der Waals surface area contributed by atoms with Crippen molar-refractivity contribution in [3.63, 3.8) is 0 Å². The third kappa shape index (κ3) is 4.20. The van der Waals surface area contributed by atoms with Crippen LogP contribution in [0.25, 0.3) is 5.82 Å². The second-order valence-electron chi connectivity index (χ2n) is 6.96. The van der Waals surface area contributed by atoms with Gasteiger partial charge in [-0.25, -0.2) is 15.0 Å². The van der Waals surface area contributed by atoms with Crippen molar-refractivity contribution < 1.29 is 9.53 Å². The van der Waals surface area contributed by atoms with Crippen molar-refractivity contribution in [1.29, 1.82) is 0 Å². The maximum absolute atomic E-state index is 12.6. The highest BCUT2D eigenvalue weighted by molar-refractivity contribution is 6.05. The summed E-state index contributed by atoms with van der Waals surface area (Å²) in [7, 11) is 0. The van der Waals surface area contributed by atoms with Gasteiger partial charge >= 0.3 is 0 Å². The Morgan fingerprint density at radius 1 is 0.967 bits per heavy atom. The van der Waals surface area contributed by atoms with Gasteiger partial charge in [0.25, 0.3) is 5.91 Å². The van der Waals surface area contributed by atoms with Crippen molar-refractivity contribution in [1.82, 2.24) is 19.5 Å². The van der Waals surface area contributed by atoms with Crippen molar-refractivity contribution in [2.75, 3.05) is 5.32 Å². The first-order valence-corrected chi connectivity index (χ1v) is 9.48. The van der Waals surface area contributed by atoms with Gasteiger partial charge in [0.05, 0.1) is 0 Å². The lowest BCUT2D eigenvalue weighted by Crippen LogP contribution is -2.13. The number of benzene rings is 2. The minimum absolute atomic E-state index is 0.138. The van der Waals surface area contributed by atoms with Crippen LogP contribution in [0.15, 0.2) is 67.3 Å². The van der Waals surface area contributed by atoms with Crippen molar-refractivity contribution in [2.45, 2.75) is 20.8 Å². The standard InChI is InChI=1S/C23H21N5O2/c1-15-4-5-16(2)20(12-15)23(29)27-18-6-8-19(9-7-18)30-22-13-21(25-14-26-22)28-11-10-24-17(28)3/h4-14H,1-3H3,(H,27,29). The molecule has 0 fully saturated rings. The monoisotopic (exact) mass is 399 g/mol. The molecule has 4 rings (SSSR count). The largest absolute Gasteiger partial charge is 0.439 e. The number of carbonyl (C=O) groups is 1. The van der Waals surface area contributed by atoms with Crippen molar-refractivity contribution in [2.24, 2.45) is 0 Å². The fourth-order valence-corrected chi connectivity index (χ4v) is 3.04. The van der Waals surface area contributed by atoms with E-state index in [1.807, 2.05) is 49.7 Å². The number of aromatic nitrogens is 4. The second kappa shape index (κ2) is 8.16. The molecule has 4 aromatic rings. The molecule has 1 amide bonds. The summed E-state index contributed by atoms with van der Waals surface area (Å²) < 4.78 is 7.69. The van der Waals surface area contributed by atoms with Crippen LogP contribution >= 0.6 is 0 Å². The lowest BCUT2D eigenvalue weighted by molar-refractivity contribution is 0.102. The van der Waals surface area contributed by atoms with Gasteiger partial charge < -0.3 is 10.1 Å². The second-order valence-corrected chi connectivity index (χ2v) is 6.96. The van der Waals surface area contributed by atoms with Crippen molar-refractivity contribution in [3.05, 3.63) is 89.8 Å². The predicted molar refractivity (Wildman–Crippen MR) is 114 cm³/mol. The fraction of sp³-hybridized carbons (Fsp3) is 0.130. The number of carbonyl (C=O) groups excluding carboxylic acids is 1. The Balaban J connectivity index is 1.46. The first kappa shape index (κ1) is 19.3. The Morgan fingerprint density at radius 3 is 2.50 bits per heavy atom. The quantitative estimate of drug-likeness (QED) is 0.529. The van der Waals surface area contributed by atoms with Gasteiger partial charge in [-0.3, -0.25) is 9.36 Å². The molecule has 2 heterocycles. The van der Waals surface area contributed by atoms with E-state index in [2.05, 4.69) is 20.3 Å². The normalized spacial score (nSPS) is 10.6. The van der Waals surface area contributed by atoms with Crippen molar-refractivity contribution in [3.8, 4) is 17.4 Å². The highest BCUT2D eigenvalue weighted by Gasteiger charge is 2.10. The Bertz CT molecular complexity index is 1200. The van der Waals surface area contributed by atoms with E-state index in [-0.39, 0.29) is 5.91 Å². The van der Waals surface area contributed by atoms with E-state index >= 15 is 0 Å². The van der Waals surface area contributed by atoms with E-state index in [1.54, 1.807) is 36.5 Å². The van der Waals surface area contributed by atoms with E-state index in [0.717, 1.165) is 17.0 Å². The molecule has 0 atom stereocenters. The van der Waals surface area contributed by atoms with Gasteiger partial charge in [-0.15, -0.1) is 0 Å². The average Bonchev–Trinajstić information content (AvgIpc) is 3.17. The number of ether oxygens (including phenoxy) is 1.